The molecule has 1 aromatic heterocycles. The Balaban J connectivity index is 1.32. The Morgan fingerprint density at radius 1 is 0.838 bits per heavy atom. The molecule has 5 nitrogen and oxygen atoms in total. The molecule has 0 bridgehead atoms. The molecule has 4 rings (SSSR count). The van der Waals surface area contributed by atoms with Crippen molar-refractivity contribution in [3.8, 4) is 11.3 Å². The highest BCUT2D eigenvalue weighted by molar-refractivity contribution is 6.31. The van der Waals surface area contributed by atoms with Crippen molar-refractivity contribution < 1.29 is 14.0 Å². The fourth-order valence-corrected chi connectivity index (χ4v) is 3.83. The summed E-state index contributed by atoms with van der Waals surface area (Å²) in [7, 11) is 0. The van der Waals surface area contributed by atoms with Crippen LogP contribution in [0.25, 0.3) is 17.4 Å². The molecule has 6 heteroatoms. The van der Waals surface area contributed by atoms with E-state index in [2.05, 4.69) is 31.4 Å². The quantitative estimate of drug-likeness (QED) is 0.256. The summed E-state index contributed by atoms with van der Waals surface area (Å²) in [5.74, 6) is 0.734. The number of carbonyl (C=O) groups is 2. The van der Waals surface area contributed by atoms with Crippen LogP contribution in [0.2, 0.25) is 5.02 Å². The average Bonchev–Trinajstić information content (AvgIpc) is 3.34. The van der Waals surface area contributed by atoms with Gasteiger partial charge in [-0.05, 0) is 84.1 Å². The maximum absolute atomic E-state index is 12.6. The molecule has 0 radical (unpaired) electrons. The second-order valence-corrected chi connectivity index (χ2v) is 10.3. The summed E-state index contributed by atoms with van der Waals surface area (Å²) in [4.78, 5) is 24.9. The molecule has 0 fully saturated rings. The second-order valence-electron chi connectivity index (χ2n) is 9.85. The molecule has 0 atom stereocenters. The van der Waals surface area contributed by atoms with Crippen molar-refractivity contribution in [2.75, 3.05) is 10.6 Å². The number of rotatable bonds is 6. The van der Waals surface area contributed by atoms with E-state index in [1.807, 2.05) is 55.5 Å². The Bertz CT molecular complexity index is 1440. The summed E-state index contributed by atoms with van der Waals surface area (Å²) in [5.41, 5.74) is 4.89. The Labute approximate surface area is 222 Å². The number of carbonyl (C=O) groups excluding carboxylic acids is 2. The van der Waals surface area contributed by atoms with Crippen molar-refractivity contribution in [2.45, 2.75) is 33.1 Å². The lowest BCUT2D eigenvalue weighted by molar-refractivity contribution is -0.111. The fourth-order valence-electron chi connectivity index (χ4n) is 3.65. The van der Waals surface area contributed by atoms with Crippen molar-refractivity contribution in [1.29, 1.82) is 0 Å². The van der Waals surface area contributed by atoms with Crippen molar-refractivity contribution >= 4 is 40.9 Å². The van der Waals surface area contributed by atoms with E-state index in [9.17, 15) is 9.59 Å². The third-order valence-electron chi connectivity index (χ3n) is 5.91. The lowest BCUT2D eigenvalue weighted by Crippen LogP contribution is -2.14. The van der Waals surface area contributed by atoms with Gasteiger partial charge in [0.05, 0.1) is 0 Å². The molecule has 0 aliphatic carbocycles. The van der Waals surface area contributed by atoms with Gasteiger partial charge in [-0.3, -0.25) is 9.59 Å². The van der Waals surface area contributed by atoms with E-state index in [0.29, 0.717) is 33.5 Å². The molecule has 0 aliphatic rings. The third-order valence-corrected chi connectivity index (χ3v) is 6.31. The number of hydrogen-bond acceptors (Lipinski definition) is 3. The number of anilines is 2. The number of halogens is 1. The molecular formula is C31H29ClN2O3. The van der Waals surface area contributed by atoms with Crippen molar-refractivity contribution in [3.63, 3.8) is 0 Å². The number of amides is 2. The molecule has 3 aromatic carbocycles. The highest BCUT2D eigenvalue weighted by Crippen LogP contribution is 2.27. The van der Waals surface area contributed by atoms with Gasteiger partial charge in [0.1, 0.15) is 11.5 Å². The van der Waals surface area contributed by atoms with Crippen molar-refractivity contribution in [2.24, 2.45) is 0 Å². The number of furan rings is 1. The zero-order valence-corrected chi connectivity index (χ0v) is 22.0. The molecule has 0 unspecified atom stereocenters. The molecule has 2 amide bonds. The standard InChI is InChI=1S/C31H29ClN2O3/c1-20-5-6-22(19-27(20)32)28-17-15-26(37-28)16-18-29(35)33-24-11-13-25(14-12-24)34-30(36)21-7-9-23(10-8-21)31(2,3)4/h5-19H,1-4H3,(H,33,35)(H,34,36)/b18-16+. The van der Waals surface area contributed by atoms with Gasteiger partial charge in [-0.15, -0.1) is 0 Å². The van der Waals surface area contributed by atoms with Crippen molar-refractivity contribution in [1.82, 2.24) is 0 Å². The first-order valence-corrected chi connectivity index (χ1v) is 12.3. The number of hydrogen-bond donors (Lipinski definition) is 2. The Kier molecular flexibility index (Phi) is 7.65. The molecule has 0 saturated carbocycles. The molecule has 4 aromatic rings. The van der Waals surface area contributed by atoms with Crippen LogP contribution in [0.15, 0.2) is 89.4 Å². The van der Waals surface area contributed by atoms with Crippen LogP contribution in [0.3, 0.4) is 0 Å². The topological polar surface area (TPSA) is 71.3 Å². The van der Waals surface area contributed by atoms with Crippen LogP contribution in [-0.4, -0.2) is 11.8 Å². The Morgan fingerprint density at radius 3 is 2.11 bits per heavy atom. The smallest absolute Gasteiger partial charge is 0.255 e. The summed E-state index contributed by atoms with van der Waals surface area (Å²) in [6.45, 7) is 8.34. The molecule has 37 heavy (non-hydrogen) atoms. The summed E-state index contributed by atoms with van der Waals surface area (Å²) in [5, 5.41) is 6.35. The third kappa shape index (κ3) is 6.78. The first-order chi connectivity index (χ1) is 17.6. The second kappa shape index (κ2) is 10.9. The molecule has 1 heterocycles. The van der Waals surface area contributed by atoms with Crippen LogP contribution < -0.4 is 10.6 Å². The summed E-state index contributed by atoms with van der Waals surface area (Å²) in [6.07, 6.45) is 3.01. The molecule has 0 saturated heterocycles. The van der Waals surface area contributed by atoms with Gasteiger partial charge in [-0.2, -0.15) is 0 Å². The zero-order valence-electron chi connectivity index (χ0n) is 21.3. The summed E-state index contributed by atoms with van der Waals surface area (Å²) < 4.78 is 5.81. The Hall–Kier alpha value is -4.09. The lowest BCUT2D eigenvalue weighted by atomic mass is 9.87. The van der Waals surface area contributed by atoms with Gasteiger partial charge in [0.25, 0.3) is 5.91 Å². The van der Waals surface area contributed by atoms with Crippen LogP contribution in [-0.2, 0) is 10.2 Å². The van der Waals surface area contributed by atoms with E-state index in [1.54, 1.807) is 36.4 Å². The number of aryl methyl sites for hydroxylation is 1. The normalized spacial score (nSPS) is 11.5. The molecule has 188 valence electrons. The van der Waals surface area contributed by atoms with Gasteiger partial charge in [-0.25, -0.2) is 0 Å². The Morgan fingerprint density at radius 2 is 1.49 bits per heavy atom. The molecular weight excluding hydrogens is 484 g/mol. The van der Waals surface area contributed by atoms with E-state index in [4.69, 9.17) is 16.0 Å². The average molecular weight is 513 g/mol. The molecule has 2 N–H and O–H groups in total. The van der Waals surface area contributed by atoms with Gasteiger partial charge in [0.2, 0.25) is 5.91 Å². The lowest BCUT2D eigenvalue weighted by Gasteiger charge is -2.19. The predicted molar refractivity (Wildman–Crippen MR) is 151 cm³/mol. The predicted octanol–water partition coefficient (Wildman–Crippen LogP) is 8.11. The van der Waals surface area contributed by atoms with Crippen molar-refractivity contribution in [3.05, 3.63) is 112 Å². The minimum Gasteiger partial charge on any atom is -0.457 e. The van der Waals surface area contributed by atoms with E-state index in [1.165, 1.54) is 11.6 Å². The minimum absolute atomic E-state index is 0.0294. The minimum atomic E-state index is -0.299. The first-order valence-electron chi connectivity index (χ1n) is 12.0. The fraction of sp³-hybridized carbons (Fsp3) is 0.161. The largest absolute Gasteiger partial charge is 0.457 e. The monoisotopic (exact) mass is 512 g/mol. The highest BCUT2D eigenvalue weighted by Gasteiger charge is 2.14. The van der Waals surface area contributed by atoms with Crippen LogP contribution in [0.1, 0.15) is 48.0 Å². The SMILES string of the molecule is Cc1ccc(-c2ccc(/C=C/C(=O)Nc3ccc(NC(=O)c4ccc(C(C)(C)C)cc4)cc3)o2)cc1Cl. The highest BCUT2D eigenvalue weighted by atomic mass is 35.5. The maximum Gasteiger partial charge on any atom is 0.255 e. The van der Waals surface area contributed by atoms with Gasteiger partial charge in [0, 0.05) is 33.6 Å². The van der Waals surface area contributed by atoms with Gasteiger partial charge in [-0.1, -0.05) is 56.6 Å². The molecule has 0 aliphatic heterocycles. The first kappa shape index (κ1) is 26.0. The number of benzene rings is 3. The summed E-state index contributed by atoms with van der Waals surface area (Å²) in [6, 6.07) is 23.9. The van der Waals surface area contributed by atoms with Gasteiger partial charge >= 0.3 is 0 Å². The zero-order chi connectivity index (χ0) is 26.6. The van der Waals surface area contributed by atoms with Crippen LogP contribution in [0.5, 0.6) is 0 Å². The van der Waals surface area contributed by atoms with Gasteiger partial charge in [0.15, 0.2) is 0 Å². The maximum atomic E-state index is 12.6. The van der Waals surface area contributed by atoms with E-state index in [0.717, 1.165) is 11.1 Å². The van der Waals surface area contributed by atoms with E-state index >= 15 is 0 Å². The van der Waals surface area contributed by atoms with Crippen LogP contribution in [0.4, 0.5) is 11.4 Å². The van der Waals surface area contributed by atoms with E-state index in [-0.39, 0.29) is 17.2 Å². The van der Waals surface area contributed by atoms with Crippen LogP contribution >= 0.6 is 11.6 Å². The van der Waals surface area contributed by atoms with Gasteiger partial charge < -0.3 is 15.1 Å². The molecule has 0 spiro atoms. The van der Waals surface area contributed by atoms with E-state index < -0.39 is 0 Å². The number of nitrogens with one attached hydrogen (secondary N) is 2. The summed E-state index contributed by atoms with van der Waals surface area (Å²) >= 11 is 6.20. The van der Waals surface area contributed by atoms with Crippen LogP contribution in [0, 0.1) is 6.92 Å².